The highest BCUT2D eigenvalue weighted by Crippen LogP contribution is 2.28. The van der Waals surface area contributed by atoms with Crippen molar-refractivity contribution in [3.05, 3.63) is 70.7 Å². The number of hydrogen-bond acceptors (Lipinski definition) is 4. The van der Waals surface area contributed by atoms with Crippen LogP contribution < -0.4 is 4.74 Å². The molecule has 5 heteroatoms. The molecule has 124 valence electrons. The zero-order valence-corrected chi connectivity index (χ0v) is 14.7. The zero-order chi connectivity index (χ0) is 17.4. The minimum absolute atomic E-state index is 0.00657. The van der Waals surface area contributed by atoms with Gasteiger partial charge in [-0.25, -0.2) is 4.98 Å². The van der Waals surface area contributed by atoms with Crippen molar-refractivity contribution >= 4 is 39.2 Å². The molecule has 0 saturated carbocycles. The summed E-state index contributed by atoms with van der Waals surface area (Å²) in [6.07, 6.45) is 3.43. The smallest absolute Gasteiger partial charge is 0.197 e. The Morgan fingerprint density at radius 3 is 2.68 bits per heavy atom. The number of benzene rings is 2. The molecular formula is C20H16N2O2S. The van der Waals surface area contributed by atoms with Crippen molar-refractivity contribution in [2.45, 2.75) is 6.92 Å². The van der Waals surface area contributed by atoms with Crippen molar-refractivity contribution in [3.8, 4) is 5.75 Å². The van der Waals surface area contributed by atoms with Gasteiger partial charge in [-0.1, -0.05) is 41.7 Å². The van der Waals surface area contributed by atoms with Crippen LogP contribution in [-0.4, -0.2) is 22.3 Å². The van der Waals surface area contributed by atoms with Gasteiger partial charge in [0.05, 0.1) is 23.0 Å². The quantitative estimate of drug-likeness (QED) is 0.394. The highest BCUT2D eigenvalue weighted by atomic mass is 32.1. The molecule has 0 aliphatic rings. The van der Waals surface area contributed by atoms with Crippen LogP contribution in [0.3, 0.4) is 0 Å². The van der Waals surface area contributed by atoms with E-state index < -0.39 is 0 Å². The van der Waals surface area contributed by atoms with Gasteiger partial charge in [0, 0.05) is 5.69 Å². The minimum atomic E-state index is -0.00657. The number of methoxy groups -OCH3 is 1. The standard InChI is InChI=1S/C20H16N2O2S/c1-13-19(18(23)12-9-14-7-10-15(24-2)11-8-14)25-20-21-16-5-3-4-6-17(16)22(13)20/h3-12H,1-2H3/b12-9+. The van der Waals surface area contributed by atoms with Crippen LogP contribution in [0.2, 0.25) is 0 Å². The van der Waals surface area contributed by atoms with Crippen LogP contribution in [-0.2, 0) is 0 Å². The van der Waals surface area contributed by atoms with Crippen LogP contribution in [0.5, 0.6) is 5.75 Å². The predicted octanol–water partition coefficient (Wildman–Crippen LogP) is 4.76. The average molecular weight is 348 g/mol. The molecule has 0 saturated heterocycles. The molecule has 2 heterocycles. The van der Waals surface area contributed by atoms with Gasteiger partial charge < -0.3 is 4.74 Å². The molecule has 2 aromatic heterocycles. The summed E-state index contributed by atoms with van der Waals surface area (Å²) in [5, 5.41) is 0. The fourth-order valence-electron chi connectivity index (χ4n) is 2.85. The number of aromatic nitrogens is 2. The Hall–Kier alpha value is -2.92. The number of aryl methyl sites for hydroxylation is 1. The van der Waals surface area contributed by atoms with Crippen LogP contribution in [0.15, 0.2) is 54.6 Å². The Kier molecular flexibility index (Phi) is 3.86. The van der Waals surface area contributed by atoms with Gasteiger partial charge in [-0.15, -0.1) is 0 Å². The van der Waals surface area contributed by atoms with E-state index in [2.05, 4.69) is 9.38 Å². The third kappa shape index (κ3) is 2.72. The molecule has 0 aliphatic carbocycles. The van der Waals surface area contributed by atoms with E-state index >= 15 is 0 Å². The van der Waals surface area contributed by atoms with Gasteiger partial charge in [0.25, 0.3) is 0 Å². The van der Waals surface area contributed by atoms with E-state index in [-0.39, 0.29) is 5.78 Å². The lowest BCUT2D eigenvalue weighted by Crippen LogP contribution is -1.95. The maximum absolute atomic E-state index is 12.6. The lowest BCUT2D eigenvalue weighted by atomic mass is 10.1. The summed E-state index contributed by atoms with van der Waals surface area (Å²) < 4.78 is 7.19. The lowest BCUT2D eigenvalue weighted by molar-refractivity contribution is 0.105. The minimum Gasteiger partial charge on any atom is -0.497 e. The zero-order valence-electron chi connectivity index (χ0n) is 13.9. The topological polar surface area (TPSA) is 43.6 Å². The van der Waals surface area contributed by atoms with Crippen LogP contribution in [0.25, 0.3) is 22.1 Å². The number of carbonyl (C=O) groups is 1. The number of carbonyl (C=O) groups excluding carboxylic acids is 1. The highest BCUT2D eigenvalue weighted by Gasteiger charge is 2.17. The second kappa shape index (κ2) is 6.18. The number of fused-ring (bicyclic) bond motifs is 3. The molecule has 0 bridgehead atoms. The summed E-state index contributed by atoms with van der Waals surface area (Å²) in [4.78, 5) is 18.8. The molecule has 0 unspecified atom stereocenters. The van der Waals surface area contributed by atoms with Crippen molar-refractivity contribution < 1.29 is 9.53 Å². The molecular weight excluding hydrogens is 332 g/mol. The van der Waals surface area contributed by atoms with Gasteiger partial charge in [0.1, 0.15) is 5.75 Å². The lowest BCUT2D eigenvalue weighted by Gasteiger charge is -1.99. The number of allylic oxidation sites excluding steroid dienone is 1. The highest BCUT2D eigenvalue weighted by molar-refractivity contribution is 7.19. The SMILES string of the molecule is COc1ccc(/C=C/C(=O)c2sc3nc4ccccc4n3c2C)cc1. The molecule has 25 heavy (non-hydrogen) atoms. The van der Waals surface area contributed by atoms with Crippen molar-refractivity contribution in [3.63, 3.8) is 0 Å². The Morgan fingerprint density at radius 2 is 1.92 bits per heavy atom. The van der Waals surface area contributed by atoms with Crippen molar-refractivity contribution in [2.24, 2.45) is 0 Å². The molecule has 0 fully saturated rings. The van der Waals surface area contributed by atoms with Gasteiger partial charge >= 0.3 is 0 Å². The van der Waals surface area contributed by atoms with E-state index in [0.29, 0.717) is 0 Å². The van der Waals surface area contributed by atoms with E-state index in [1.807, 2.05) is 61.5 Å². The number of rotatable bonds is 4. The molecule has 4 aromatic rings. The predicted molar refractivity (Wildman–Crippen MR) is 102 cm³/mol. The number of hydrogen-bond donors (Lipinski definition) is 0. The van der Waals surface area contributed by atoms with Gasteiger partial charge in [0.15, 0.2) is 10.7 Å². The Bertz CT molecular complexity index is 1100. The fraction of sp³-hybridized carbons (Fsp3) is 0.100. The van der Waals surface area contributed by atoms with E-state index in [1.165, 1.54) is 11.3 Å². The van der Waals surface area contributed by atoms with E-state index in [1.54, 1.807) is 13.2 Å². The summed E-state index contributed by atoms with van der Waals surface area (Å²) in [6.45, 7) is 1.96. The van der Waals surface area contributed by atoms with Gasteiger partial charge in [-0.3, -0.25) is 9.20 Å². The summed E-state index contributed by atoms with van der Waals surface area (Å²) in [7, 11) is 1.63. The van der Waals surface area contributed by atoms with E-state index in [0.717, 1.165) is 37.9 Å². The van der Waals surface area contributed by atoms with Crippen molar-refractivity contribution in [1.29, 1.82) is 0 Å². The molecule has 0 radical (unpaired) electrons. The summed E-state index contributed by atoms with van der Waals surface area (Å²) >= 11 is 1.43. The molecule has 4 nitrogen and oxygen atoms in total. The van der Waals surface area contributed by atoms with Gasteiger partial charge in [0.2, 0.25) is 0 Å². The van der Waals surface area contributed by atoms with Crippen LogP contribution in [0, 0.1) is 6.92 Å². The first-order valence-electron chi connectivity index (χ1n) is 7.90. The monoisotopic (exact) mass is 348 g/mol. The molecule has 0 spiro atoms. The Balaban J connectivity index is 1.67. The summed E-state index contributed by atoms with van der Waals surface area (Å²) in [6, 6.07) is 15.6. The second-order valence-electron chi connectivity index (χ2n) is 5.71. The van der Waals surface area contributed by atoms with E-state index in [9.17, 15) is 4.79 Å². The Labute approximate surface area is 149 Å². The number of para-hydroxylation sites is 2. The molecule has 2 aromatic carbocycles. The maximum atomic E-state index is 12.6. The van der Waals surface area contributed by atoms with Crippen molar-refractivity contribution in [1.82, 2.24) is 9.38 Å². The largest absolute Gasteiger partial charge is 0.497 e. The van der Waals surface area contributed by atoms with Crippen LogP contribution >= 0.6 is 11.3 Å². The fourth-order valence-corrected chi connectivity index (χ4v) is 3.92. The second-order valence-corrected chi connectivity index (χ2v) is 6.68. The average Bonchev–Trinajstić information content (AvgIpc) is 3.17. The summed E-state index contributed by atoms with van der Waals surface area (Å²) in [5.41, 5.74) is 3.87. The number of ketones is 1. The van der Waals surface area contributed by atoms with Crippen LogP contribution in [0.1, 0.15) is 20.9 Å². The van der Waals surface area contributed by atoms with Gasteiger partial charge in [-0.05, 0) is 42.8 Å². The molecule has 0 amide bonds. The summed E-state index contributed by atoms with van der Waals surface area (Å²) in [5.74, 6) is 0.790. The third-order valence-corrected chi connectivity index (χ3v) is 5.31. The first-order chi connectivity index (χ1) is 12.2. The third-order valence-electron chi connectivity index (χ3n) is 4.15. The van der Waals surface area contributed by atoms with E-state index in [4.69, 9.17) is 4.74 Å². The molecule has 0 atom stereocenters. The maximum Gasteiger partial charge on any atom is 0.197 e. The number of nitrogens with zero attached hydrogens (tertiary/aromatic N) is 2. The van der Waals surface area contributed by atoms with Crippen LogP contribution in [0.4, 0.5) is 0 Å². The molecule has 0 N–H and O–H groups in total. The van der Waals surface area contributed by atoms with Gasteiger partial charge in [-0.2, -0.15) is 0 Å². The Morgan fingerprint density at radius 1 is 1.16 bits per heavy atom. The molecule has 0 aliphatic heterocycles. The number of ether oxygens (including phenoxy) is 1. The molecule has 4 rings (SSSR count). The van der Waals surface area contributed by atoms with Crippen molar-refractivity contribution in [2.75, 3.05) is 7.11 Å². The number of imidazole rings is 1. The first kappa shape index (κ1) is 15.6. The first-order valence-corrected chi connectivity index (χ1v) is 8.72. The number of thiazole rings is 1. The normalized spacial score (nSPS) is 11.6.